The monoisotopic (exact) mass is 257 g/mol. The number of ether oxygens (including phenoxy) is 1. The Bertz CT molecular complexity index is 533. The highest BCUT2D eigenvalue weighted by molar-refractivity contribution is 5.78. The molecule has 3 rings (SSSR count). The molecule has 0 amide bonds. The first kappa shape index (κ1) is 14.7. The first-order chi connectivity index (χ1) is 9.40. The number of rotatable bonds is 1. The van der Waals surface area contributed by atoms with Crippen molar-refractivity contribution in [3.05, 3.63) is 55.0 Å². The van der Waals surface area contributed by atoms with Gasteiger partial charge in [-0.25, -0.2) is 9.97 Å². The quantitative estimate of drug-likeness (QED) is 0.723. The van der Waals surface area contributed by atoms with Crippen LogP contribution in [0.3, 0.4) is 0 Å². The summed E-state index contributed by atoms with van der Waals surface area (Å²) >= 11 is 0. The molecule has 0 aliphatic heterocycles. The van der Waals surface area contributed by atoms with Gasteiger partial charge < -0.3 is 9.72 Å². The van der Waals surface area contributed by atoms with Crippen LogP contribution in [0.15, 0.2) is 55.0 Å². The van der Waals surface area contributed by atoms with E-state index in [2.05, 4.69) is 33.2 Å². The van der Waals surface area contributed by atoms with Crippen LogP contribution < -0.4 is 4.74 Å². The average molecular weight is 257 g/mol. The summed E-state index contributed by atoms with van der Waals surface area (Å²) in [6.45, 7) is 4.00. The minimum atomic E-state index is 0.410. The molecular formula is C15H19N3O. The second-order valence-electron chi connectivity index (χ2n) is 3.30. The Morgan fingerprint density at radius 3 is 2.21 bits per heavy atom. The van der Waals surface area contributed by atoms with Crippen LogP contribution in [0.2, 0.25) is 0 Å². The smallest absolute Gasteiger partial charge is 0.315 e. The van der Waals surface area contributed by atoms with Gasteiger partial charge in [-0.3, -0.25) is 0 Å². The summed E-state index contributed by atoms with van der Waals surface area (Å²) in [4.78, 5) is 10.6. The minimum Gasteiger partial charge on any atom is -0.467 e. The van der Waals surface area contributed by atoms with Crippen molar-refractivity contribution in [2.75, 3.05) is 7.11 Å². The van der Waals surface area contributed by atoms with E-state index in [4.69, 9.17) is 4.74 Å². The summed E-state index contributed by atoms with van der Waals surface area (Å²) in [7, 11) is 1.54. The fourth-order valence-electron chi connectivity index (χ4n) is 1.39. The van der Waals surface area contributed by atoms with Crippen molar-refractivity contribution in [1.82, 2.24) is 15.0 Å². The van der Waals surface area contributed by atoms with E-state index in [1.165, 1.54) is 18.0 Å². The lowest BCUT2D eigenvalue weighted by atomic mass is 10.3. The maximum atomic E-state index is 4.69. The predicted molar refractivity (Wildman–Crippen MR) is 78.2 cm³/mol. The SMILES string of the molecule is CC.COc1ncccn1.c1ccc2[nH]ccc2c1. The highest BCUT2D eigenvalue weighted by atomic mass is 16.5. The fourth-order valence-corrected chi connectivity index (χ4v) is 1.39. The summed E-state index contributed by atoms with van der Waals surface area (Å²) in [5.41, 5.74) is 1.21. The zero-order chi connectivity index (χ0) is 13.9. The molecule has 0 unspecified atom stereocenters. The average Bonchev–Trinajstić information content (AvgIpc) is 2.99. The van der Waals surface area contributed by atoms with Crippen molar-refractivity contribution in [3.8, 4) is 6.01 Å². The highest BCUT2D eigenvalue weighted by Crippen LogP contribution is 2.09. The van der Waals surface area contributed by atoms with Crippen LogP contribution in [0, 0.1) is 0 Å². The second-order valence-corrected chi connectivity index (χ2v) is 3.30. The Hall–Kier alpha value is -2.36. The van der Waals surface area contributed by atoms with Gasteiger partial charge in [-0.15, -0.1) is 0 Å². The highest BCUT2D eigenvalue weighted by Gasteiger charge is 1.86. The number of para-hydroxylation sites is 1. The number of methoxy groups -OCH3 is 1. The van der Waals surface area contributed by atoms with E-state index in [-0.39, 0.29) is 0 Å². The lowest BCUT2D eigenvalue weighted by Gasteiger charge is -1.90. The number of benzene rings is 1. The molecule has 4 heteroatoms. The molecule has 0 aliphatic rings. The molecule has 0 radical (unpaired) electrons. The molecule has 3 aromatic rings. The molecule has 0 spiro atoms. The number of hydrogen-bond acceptors (Lipinski definition) is 3. The van der Waals surface area contributed by atoms with Gasteiger partial charge >= 0.3 is 6.01 Å². The van der Waals surface area contributed by atoms with Crippen molar-refractivity contribution in [3.63, 3.8) is 0 Å². The van der Waals surface area contributed by atoms with Crippen LogP contribution in [-0.2, 0) is 0 Å². The van der Waals surface area contributed by atoms with E-state index < -0.39 is 0 Å². The van der Waals surface area contributed by atoms with Gasteiger partial charge in [0.05, 0.1) is 7.11 Å². The van der Waals surface area contributed by atoms with E-state index >= 15 is 0 Å². The molecule has 0 aliphatic carbocycles. The van der Waals surface area contributed by atoms with E-state index in [9.17, 15) is 0 Å². The molecule has 0 saturated heterocycles. The number of hydrogen-bond donors (Lipinski definition) is 1. The molecule has 0 saturated carbocycles. The van der Waals surface area contributed by atoms with Gasteiger partial charge in [-0.2, -0.15) is 0 Å². The first-order valence-electron chi connectivity index (χ1n) is 6.23. The van der Waals surface area contributed by atoms with Crippen LogP contribution in [0.5, 0.6) is 6.01 Å². The Balaban J connectivity index is 0.000000170. The topological polar surface area (TPSA) is 50.8 Å². The van der Waals surface area contributed by atoms with E-state index in [1.54, 1.807) is 18.5 Å². The summed E-state index contributed by atoms with van der Waals surface area (Å²) in [5.74, 6) is 0. The van der Waals surface area contributed by atoms with E-state index in [1.807, 2.05) is 32.2 Å². The Kier molecular flexibility index (Phi) is 6.72. The van der Waals surface area contributed by atoms with Gasteiger partial charge in [0, 0.05) is 24.1 Å². The van der Waals surface area contributed by atoms with Crippen LogP contribution in [0.1, 0.15) is 13.8 Å². The zero-order valence-corrected chi connectivity index (χ0v) is 11.5. The number of aromatic nitrogens is 3. The Morgan fingerprint density at radius 2 is 1.63 bits per heavy atom. The second kappa shape index (κ2) is 8.69. The summed E-state index contributed by atoms with van der Waals surface area (Å²) in [6.07, 6.45) is 5.21. The molecule has 1 aromatic carbocycles. The molecule has 100 valence electrons. The van der Waals surface area contributed by atoms with Gasteiger partial charge in [-0.1, -0.05) is 32.0 Å². The number of nitrogens with zero attached hydrogens (tertiary/aromatic N) is 2. The molecule has 0 atom stereocenters. The lowest BCUT2D eigenvalue weighted by Crippen LogP contribution is -1.87. The summed E-state index contributed by atoms with van der Waals surface area (Å²) in [5, 5.41) is 1.28. The first-order valence-corrected chi connectivity index (χ1v) is 6.23. The van der Waals surface area contributed by atoms with Crippen molar-refractivity contribution in [2.24, 2.45) is 0 Å². The molecule has 19 heavy (non-hydrogen) atoms. The third kappa shape index (κ3) is 4.79. The molecule has 1 N–H and O–H groups in total. The molecule has 2 aromatic heterocycles. The maximum Gasteiger partial charge on any atom is 0.315 e. The Morgan fingerprint density at radius 1 is 0.947 bits per heavy atom. The van der Waals surface area contributed by atoms with Crippen LogP contribution in [0.4, 0.5) is 0 Å². The zero-order valence-electron chi connectivity index (χ0n) is 11.5. The number of H-pyrrole nitrogens is 1. The molecule has 2 heterocycles. The number of aromatic amines is 1. The van der Waals surface area contributed by atoms with Crippen molar-refractivity contribution < 1.29 is 4.74 Å². The molecular weight excluding hydrogens is 238 g/mol. The number of nitrogens with one attached hydrogen (secondary N) is 1. The van der Waals surface area contributed by atoms with E-state index in [0.717, 1.165) is 0 Å². The van der Waals surface area contributed by atoms with Gasteiger partial charge in [0.15, 0.2) is 0 Å². The third-order valence-electron chi connectivity index (χ3n) is 2.19. The lowest BCUT2D eigenvalue weighted by molar-refractivity contribution is 0.379. The van der Waals surface area contributed by atoms with Crippen LogP contribution in [0.25, 0.3) is 10.9 Å². The summed E-state index contributed by atoms with van der Waals surface area (Å²) < 4.78 is 4.69. The van der Waals surface area contributed by atoms with Gasteiger partial charge in [0.25, 0.3) is 0 Å². The standard InChI is InChI=1S/C8H7N.C5H6N2O.C2H6/c1-2-4-8-7(3-1)5-6-9-8;1-8-5-6-3-2-4-7-5;1-2/h1-6,9H;2-4H,1H3;1-2H3. The minimum absolute atomic E-state index is 0.410. The van der Waals surface area contributed by atoms with Gasteiger partial charge in [-0.05, 0) is 23.6 Å². The van der Waals surface area contributed by atoms with Crippen molar-refractivity contribution >= 4 is 10.9 Å². The van der Waals surface area contributed by atoms with Gasteiger partial charge in [0.2, 0.25) is 0 Å². The normalized spacial score (nSPS) is 8.79. The van der Waals surface area contributed by atoms with Crippen LogP contribution in [-0.4, -0.2) is 22.1 Å². The molecule has 4 nitrogen and oxygen atoms in total. The van der Waals surface area contributed by atoms with Gasteiger partial charge in [0.1, 0.15) is 0 Å². The van der Waals surface area contributed by atoms with Crippen molar-refractivity contribution in [1.29, 1.82) is 0 Å². The molecule has 0 bridgehead atoms. The van der Waals surface area contributed by atoms with Crippen molar-refractivity contribution in [2.45, 2.75) is 13.8 Å². The molecule has 0 fully saturated rings. The number of fused-ring (bicyclic) bond motifs is 1. The summed E-state index contributed by atoms with van der Waals surface area (Å²) in [6, 6.07) is 12.4. The maximum absolute atomic E-state index is 4.69. The predicted octanol–water partition coefficient (Wildman–Crippen LogP) is 3.68. The largest absolute Gasteiger partial charge is 0.467 e. The van der Waals surface area contributed by atoms with E-state index in [0.29, 0.717) is 6.01 Å². The Labute approximate surface area is 113 Å². The third-order valence-corrected chi connectivity index (χ3v) is 2.19. The fraction of sp³-hybridized carbons (Fsp3) is 0.200. The van der Waals surface area contributed by atoms with Crippen LogP contribution >= 0.6 is 0 Å².